The third-order valence-corrected chi connectivity index (χ3v) is 5.40. The first kappa shape index (κ1) is 12.9. The zero-order valence-electron chi connectivity index (χ0n) is 11.2. The molecule has 3 rings (SSSR count). The molecule has 0 bridgehead atoms. The minimum Gasteiger partial charge on any atom is -0.480 e. The fourth-order valence-electron chi connectivity index (χ4n) is 3.53. The molecule has 1 saturated carbocycles. The quantitative estimate of drug-likeness (QED) is 0.925. The van der Waals surface area contributed by atoms with E-state index >= 15 is 0 Å². The Bertz CT molecular complexity index is 474. The van der Waals surface area contributed by atoms with Crippen LogP contribution in [0.5, 0.6) is 0 Å². The number of aryl methyl sites for hydroxylation is 1. The van der Waals surface area contributed by atoms with Crippen molar-refractivity contribution >= 4 is 22.4 Å². The van der Waals surface area contributed by atoms with Crippen LogP contribution >= 0.6 is 11.3 Å². The number of anilines is 1. The topological polar surface area (TPSA) is 53.4 Å². The molecule has 3 unspecified atom stereocenters. The molecule has 0 spiro atoms. The minimum atomic E-state index is -0.692. The maximum Gasteiger partial charge on any atom is 0.326 e. The van der Waals surface area contributed by atoms with Gasteiger partial charge in [-0.1, -0.05) is 19.8 Å². The van der Waals surface area contributed by atoms with E-state index in [0.29, 0.717) is 12.0 Å². The molecule has 0 radical (unpaired) electrons. The van der Waals surface area contributed by atoms with Crippen LogP contribution in [0.2, 0.25) is 0 Å². The van der Waals surface area contributed by atoms with E-state index in [1.807, 2.05) is 0 Å². The Morgan fingerprint density at radius 2 is 2.32 bits per heavy atom. The lowest BCUT2D eigenvalue weighted by Crippen LogP contribution is -2.42. The number of nitrogens with zero attached hydrogens (tertiary/aromatic N) is 2. The Labute approximate surface area is 117 Å². The average Bonchev–Trinajstić information content (AvgIpc) is 3.02. The molecule has 4 nitrogen and oxygen atoms in total. The molecule has 3 atom stereocenters. The Balaban J connectivity index is 1.91. The summed E-state index contributed by atoms with van der Waals surface area (Å²) in [6.45, 7) is 2.08. The number of fused-ring (bicyclic) bond motifs is 1. The minimum absolute atomic E-state index is 0.371. The van der Waals surface area contributed by atoms with E-state index in [0.717, 1.165) is 30.1 Å². The van der Waals surface area contributed by atoms with Gasteiger partial charge in [0.25, 0.3) is 0 Å². The predicted molar refractivity (Wildman–Crippen MR) is 75.8 cm³/mol. The average molecular weight is 280 g/mol. The number of aromatic nitrogens is 1. The summed E-state index contributed by atoms with van der Waals surface area (Å²) >= 11 is 1.60. The SMILES string of the molecule is CCc1csc(N2C(C(=O)O)CC3CCCCC32)n1. The van der Waals surface area contributed by atoms with E-state index in [9.17, 15) is 9.90 Å². The molecule has 0 aromatic carbocycles. The molecule has 2 aliphatic rings. The molecule has 1 aliphatic carbocycles. The number of carboxylic acid groups (broad SMARTS) is 1. The number of hydrogen-bond donors (Lipinski definition) is 1. The van der Waals surface area contributed by atoms with Crippen LogP contribution in [-0.2, 0) is 11.2 Å². The van der Waals surface area contributed by atoms with Gasteiger partial charge in [-0.15, -0.1) is 11.3 Å². The Hall–Kier alpha value is -1.10. The Kier molecular flexibility index (Phi) is 3.48. The van der Waals surface area contributed by atoms with Gasteiger partial charge in [-0.25, -0.2) is 9.78 Å². The van der Waals surface area contributed by atoms with Crippen LogP contribution in [0.3, 0.4) is 0 Å². The van der Waals surface area contributed by atoms with Crippen molar-refractivity contribution in [2.45, 2.75) is 57.5 Å². The van der Waals surface area contributed by atoms with Gasteiger partial charge in [0.2, 0.25) is 0 Å². The summed E-state index contributed by atoms with van der Waals surface area (Å²) in [5.74, 6) is -0.147. The van der Waals surface area contributed by atoms with Crippen molar-refractivity contribution in [3.63, 3.8) is 0 Å². The molecule has 1 aliphatic heterocycles. The van der Waals surface area contributed by atoms with Crippen LogP contribution in [0.15, 0.2) is 5.38 Å². The standard InChI is InChI=1S/C14H20N2O2S/c1-2-10-8-19-14(15-10)16-11-6-4-3-5-9(11)7-12(16)13(17)18/h8-9,11-12H,2-7H2,1H3,(H,17,18). The third-order valence-electron chi connectivity index (χ3n) is 4.50. The van der Waals surface area contributed by atoms with Crippen LogP contribution in [0.1, 0.15) is 44.7 Å². The van der Waals surface area contributed by atoms with Crippen LogP contribution in [0.25, 0.3) is 0 Å². The summed E-state index contributed by atoms with van der Waals surface area (Å²) in [6.07, 6.45) is 6.47. The van der Waals surface area contributed by atoms with Crippen molar-refractivity contribution in [1.82, 2.24) is 4.98 Å². The lowest BCUT2D eigenvalue weighted by atomic mass is 9.85. The number of aliphatic carboxylic acids is 1. The first-order valence-corrected chi connectivity index (χ1v) is 8.04. The zero-order chi connectivity index (χ0) is 13.4. The van der Waals surface area contributed by atoms with Crippen molar-refractivity contribution in [3.05, 3.63) is 11.1 Å². The molecular formula is C14H20N2O2S. The lowest BCUT2D eigenvalue weighted by molar-refractivity contribution is -0.138. The smallest absolute Gasteiger partial charge is 0.326 e. The second-order valence-corrected chi connectivity index (χ2v) is 6.42. The fraction of sp³-hybridized carbons (Fsp3) is 0.714. The van der Waals surface area contributed by atoms with Crippen LogP contribution in [-0.4, -0.2) is 28.1 Å². The molecule has 1 aromatic heterocycles. The van der Waals surface area contributed by atoms with Gasteiger partial charge >= 0.3 is 5.97 Å². The molecular weight excluding hydrogens is 260 g/mol. The van der Waals surface area contributed by atoms with E-state index in [-0.39, 0.29) is 6.04 Å². The number of carboxylic acids is 1. The lowest BCUT2D eigenvalue weighted by Gasteiger charge is -2.32. The molecule has 1 saturated heterocycles. The summed E-state index contributed by atoms with van der Waals surface area (Å²) in [6, 6.07) is 0.0228. The highest BCUT2D eigenvalue weighted by Crippen LogP contribution is 2.43. The normalized spacial score (nSPS) is 30.4. The highest BCUT2D eigenvalue weighted by Gasteiger charge is 2.46. The maximum absolute atomic E-state index is 11.5. The van der Waals surface area contributed by atoms with Gasteiger partial charge in [0.1, 0.15) is 6.04 Å². The number of hydrogen-bond acceptors (Lipinski definition) is 4. The van der Waals surface area contributed by atoms with Crippen LogP contribution in [0.4, 0.5) is 5.13 Å². The number of carbonyl (C=O) groups is 1. The molecule has 1 aromatic rings. The second kappa shape index (κ2) is 5.12. The second-order valence-electron chi connectivity index (χ2n) is 5.58. The molecule has 1 N–H and O–H groups in total. The van der Waals surface area contributed by atoms with Gasteiger partial charge in [0, 0.05) is 11.4 Å². The molecule has 104 valence electrons. The first-order valence-electron chi connectivity index (χ1n) is 7.16. The Morgan fingerprint density at radius 3 is 3.00 bits per heavy atom. The zero-order valence-corrected chi connectivity index (χ0v) is 12.0. The van der Waals surface area contributed by atoms with Gasteiger partial charge in [0.15, 0.2) is 5.13 Å². The summed E-state index contributed by atoms with van der Waals surface area (Å²) in [5.41, 5.74) is 1.07. The van der Waals surface area contributed by atoms with Gasteiger partial charge in [-0.3, -0.25) is 0 Å². The van der Waals surface area contributed by atoms with Crippen molar-refractivity contribution in [2.24, 2.45) is 5.92 Å². The monoisotopic (exact) mass is 280 g/mol. The predicted octanol–water partition coefficient (Wildman–Crippen LogP) is 2.93. The van der Waals surface area contributed by atoms with Gasteiger partial charge in [-0.05, 0) is 31.6 Å². The summed E-state index contributed by atoms with van der Waals surface area (Å²) in [4.78, 5) is 18.3. The fourth-order valence-corrected chi connectivity index (χ4v) is 4.55. The van der Waals surface area contributed by atoms with Gasteiger partial charge in [-0.2, -0.15) is 0 Å². The molecule has 2 fully saturated rings. The van der Waals surface area contributed by atoms with Crippen molar-refractivity contribution in [2.75, 3.05) is 4.90 Å². The van der Waals surface area contributed by atoms with Crippen LogP contribution in [0, 0.1) is 5.92 Å². The summed E-state index contributed by atoms with van der Waals surface area (Å²) in [5, 5.41) is 12.5. The van der Waals surface area contributed by atoms with E-state index < -0.39 is 5.97 Å². The van der Waals surface area contributed by atoms with Crippen LogP contribution < -0.4 is 4.90 Å². The molecule has 19 heavy (non-hydrogen) atoms. The maximum atomic E-state index is 11.5. The van der Waals surface area contributed by atoms with E-state index in [1.54, 1.807) is 11.3 Å². The highest BCUT2D eigenvalue weighted by atomic mass is 32.1. The molecule has 2 heterocycles. The van der Waals surface area contributed by atoms with E-state index in [1.165, 1.54) is 19.3 Å². The number of rotatable bonds is 3. The van der Waals surface area contributed by atoms with Crippen molar-refractivity contribution in [1.29, 1.82) is 0 Å². The Morgan fingerprint density at radius 1 is 1.53 bits per heavy atom. The van der Waals surface area contributed by atoms with Gasteiger partial charge in [0.05, 0.1) is 5.69 Å². The van der Waals surface area contributed by atoms with Crippen molar-refractivity contribution in [3.8, 4) is 0 Å². The largest absolute Gasteiger partial charge is 0.480 e. The van der Waals surface area contributed by atoms with E-state index in [4.69, 9.17) is 0 Å². The van der Waals surface area contributed by atoms with E-state index in [2.05, 4.69) is 22.2 Å². The number of thiazole rings is 1. The third kappa shape index (κ3) is 2.24. The summed E-state index contributed by atoms with van der Waals surface area (Å²) < 4.78 is 0. The molecule has 0 amide bonds. The molecule has 5 heteroatoms. The first-order chi connectivity index (χ1) is 9.20. The summed E-state index contributed by atoms with van der Waals surface area (Å²) in [7, 11) is 0. The van der Waals surface area contributed by atoms with Crippen molar-refractivity contribution < 1.29 is 9.90 Å². The van der Waals surface area contributed by atoms with Gasteiger partial charge < -0.3 is 10.0 Å². The highest BCUT2D eigenvalue weighted by molar-refractivity contribution is 7.13.